The zero-order valence-corrected chi connectivity index (χ0v) is 16.9. The molecule has 1 aromatic heterocycles. The summed E-state index contributed by atoms with van der Waals surface area (Å²) >= 11 is 0. The van der Waals surface area contributed by atoms with Gasteiger partial charge in [0.1, 0.15) is 5.75 Å². The highest BCUT2D eigenvalue weighted by atomic mass is 19.1. The van der Waals surface area contributed by atoms with E-state index in [0.29, 0.717) is 23.7 Å². The predicted octanol–water partition coefficient (Wildman–Crippen LogP) is 6.07. The second-order valence-corrected chi connectivity index (χ2v) is 7.86. The summed E-state index contributed by atoms with van der Waals surface area (Å²) < 4.78 is 19.9. The Labute approximate surface area is 175 Å². The van der Waals surface area contributed by atoms with Crippen molar-refractivity contribution >= 4 is 5.97 Å². The monoisotopic (exact) mass is 405 g/mol. The van der Waals surface area contributed by atoms with E-state index in [1.807, 2.05) is 25.1 Å². The molecule has 1 aliphatic carbocycles. The molecule has 2 aromatic carbocycles. The molecule has 1 aliphatic rings. The highest BCUT2D eigenvalue weighted by molar-refractivity contribution is 5.89. The molecule has 0 saturated heterocycles. The second-order valence-electron chi connectivity index (χ2n) is 7.86. The van der Waals surface area contributed by atoms with Gasteiger partial charge < -0.3 is 9.84 Å². The van der Waals surface area contributed by atoms with E-state index in [9.17, 15) is 14.3 Å². The molecule has 4 rings (SSSR count). The van der Waals surface area contributed by atoms with Crippen LogP contribution in [0.5, 0.6) is 11.5 Å². The Morgan fingerprint density at radius 2 is 2.10 bits per heavy atom. The fourth-order valence-corrected chi connectivity index (χ4v) is 4.23. The van der Waals surface area contributed by atoms with E-state index in [1.165, 1.54) is 23.4 Å². The zero-order chi connectivity index (χ0) is 21.1. The van der Waals surface area contributed by atoms with Crippen molar-refractivity contribution in [2.45, 2.75) is 44.9 Å². The first-order valence-electron chi connectivity index (χ1n) is 10.2. The molecule has 0 saturated carbocycles. The minimum absolute atomic E-state index is 0.227. The van der Waals surface area contributed by atoms with Crippen molar-refractivity contribution in [3.05, 3.63) is 88.5 Å². The Kier molecular flexibility index (Phi) is 5.79. The first-order chi connectivity index (χ1) is 14.5. The van der Waals surface area contributed by atoms with E-state index in [0.717, 1.165) is 36.8 Å². The van der Waals surface area contributed by atoms with E-state index in [2.05, 4.69) is 11.1 Å². The zero-order valence-electron chi connectivity index (χ0n) is 16.9. The maximum Gasteiger partial charge on any atom is 0.336 e. The average molecular weight is 405 g/mol. The van der Waals surface area contributed by atoms with Gasteiger partial charge in [0.2, 0.25) is 0 Å². The van der Waals surface area contributed by atoms with Crippen molar-refractivity contribution in [3.63, 3.8) is 0 Å². The minimum Gasteiger partial charge on any atom is -0.478 e. The molecule has 0 bridgehead atoms. The minimum atomic E-state index is -0.915. The summed E-state index contributed by atoms with van der Waals surface area (Å²) in [7, 11) is 0. The lowest BCUT2D eigenvalue weighted by molar-refractivity contribution is 0.0695. The molecule has 0 spiro atoms. The number of hydrogen-bond donors (Lipinski definition) is 1. The van der Waals surface area contributed by atoms with Gasteiger partial charge in [-0.2, -0.15) is 0 Å². The highest BCUT2D eigenvalue weighted by Crippen LogP contribution is 2.37. The lowest BCUT2D eigenvalue weighted by Gasteiger charge is -2.26. The predicted molar refractivity (Wildman–Crippen MR) is 113 cm³/mol. The molecule has 1 N–H and O–H groups in total. The number of carboxylic acids is 1. The van der Waals surface area contributed by atoms with E-state index in [-0.39, 0.29) is 11.6 Å². The molecule has 0 fully saturated rings. The van der Waals surface area contributed by atoms with Gasteiger partial charge in [-0.25, -0.2) is 9.18 Å². The number of carbonyl (C=O) groups is 1. The van der Waals surface area contributed by atoms with E-state index >= 15 is 0 Å². The molecular formula is C25H24FNO3. The fraction of sp³-hybridized carbons (Fsp3) is 0.280. The Morgan fingerprint density at radius 3 is 2.90 bits per heavy atom. The van der Waals surface area contributed by atoms with Gasteiger partial charge in [0.05, 0.1) is 5.56 Å². The van der Waals surface area contributed by atoms with Gasteiger partial charge in [-0.05, 0) is 97.5 Å². The number of aromatic carboxylic acids is 1. The molecule has 0 amide bonds. The van der Waals surface area contributed by atoms with Gasteiger partial charge in [-0.3, -0.25) is 4.98 Å². The molecular weight excluding hydrogens is 381 g/mol. The van der Waals surface area contributed by atoms with Crippen LogP contribution in [0, 0.1) is 12.7 Å². The third-order valence-corrected chi connectivity index (χ3v) is 5.76. The molecule has 0 radical (unpaired) electrons. The molecule has 3 aromatic rings. The number of ether oxygens (including phenoxy) is 1. The number of hydrogen-bond acceptors (Lipinski definition) is 3. The number of carboxylic acid groups (broad SMARTS) is 1. The van der Waals surface area contributed by atoms with Crippen LogP contribution in [0.4, 0.5) is 4.39 Å². The van der Waals surface area contributed by atoms with Crippen LogP contribution >= 0.6 is 0 Å². The molecule has 154 valence electrons. The standard InChI is InChI=1S/C25H24FNO3/c1-16-5-10-24(23(26)13-16)30-20-8-9-21-17(3-2-4-18(21)14-20)6-7-19-15-27-12-11-22(19)25(28)29/h5,8-15,17H,2-4,6-7H2,1H3,(H,28,29)/t17-/m0/s1. The number of rotatable bonds is 6. The summed E-state index contributed by atoms with van der Waals surface area (Å²) in [5, 5.41) is 9.38. The lowest BCUT2D eigenvalue weighted by atomic mass is 9.79. The number of aryl methyl sites for hydroxylation is 3. The average Bonchev–Trinajstić information content (AvgIpc) is 2.74. The first kappa shape index (κ1) is 20.1. The summed E-state index contributed by atoms with van der Waals surface area (Å²) in [6, 6.07) is 12.5. The van der Waals surface area contributed by atoms with Crippen LogP contribution in [0.25, 0.3) is 0 Å². The molecule has 30 heavy (non-hydrogen) atoms. The van der Waals surface area contributed by atoms with Gasteiger partial charge in [0, 0.05) is 12.4 Å². The van der Waals surface area contributed by atoms with Crippen molar-refractivity contribution in [1.82, 2.24) is 4.98 Å². The SMILES string of the molecule is Cc1ccc(Oc2ccc3c(c2)CCC[C@H]3CCc2cnccc2C(=O)O)c(F)c1. The van der Waals surface area contributed by atoms with Gasteiger partial charge >= 0.3 is 5.97 Å². The van der Waals surface area contributed by atoms with Crippen LogP contribution in [0.2, 0.25) is 0 Å². The van der Waals surface area contributed by atoms with Crippen molar-refractivity contribution in [2.75, 3.05) is 0 Å². The van der Waals surface area contributed by atoms with Crippen molar-refractivity contribution in [3.8, 4) is 11.5 Å². The van der Waals surface area contributed by atoms with Gasteiger partial charge in [0.15, 0.2) is 11.6 Å². The maximum absolute atomic E-state index is 14.1. The summed E-state index contributed by atoms with van der Waals surface area (Å²) in [4.78, 5) is 15.5. The normalized spacial score (nSPS) is 15.5. The summed E-state index contributed by atoms with van der Waals surface area (Å²) in [6.45, 7) is 1.84. The van der Waals surface area contributed by atoms with Crippen LogP contribution in [0.15, 0.2) is 54.9 Å². The summed E-state index contributed by atoms with van der Waals surface area (Å²) in [5.74, 6) is -0.0538. The maximum atomic E-state index is 14.1. The van der Waals surface area contributed by atoms with Crippen molar-refractivity contribution in [2.24, 2.45) is 0 Å². The van der Waals surface area contributed by atoms with Crippen LogP contribution in [0.1, 0.15) is 57.8 Å². The Hall–Kier alpha value is -3.21. The highest BCUT2D eigenvalue weighted by Gasteiger charge is 2.22. The Morgan fingerprint density at radius 1 is 1.23 bits per heavy atom. The number of aromatic nitrogens is 1. The third kappa shape index (κ3) is 4.35. The van der Waals surface area contributed by atoms with E-state index in [4.69, 9.17) is 4.74 Å². The molecule has 0 unspecified atom stereocenters. The van der Waals surface area contributed by atoms with Crippen molar-refractivity contribution < 1.29 is 19.0 Å². The third-order valence-electron chi connectivity index (χ3n) is 5.76. The number of halogens is 1. The van der Waals surface area contributed by atoms with E-state index < -0.39 is 5.97 Å². The van der Waals surface area contributed by atoms with Crippen LogP contribution < -0.4 is 4.74 Å². The van der Waals surface area contributed by atoms with Crippen LogP contribution in [-0.4, -0.2) is 16.1 Å². The van der Waals surface area contributed by atoms with E-state index in [1.54, 1.807) is 18.3 Å². The Balaban J connectivity index is 1.50. The second kappa shape index (κ2) is 8.66. The number of benzene rings is 2. The van der Waals surface area contributed by atoms with Crippen LogP contribution in [0.3, 0.4) is 0 Å². The molecule has 0 aliphatic heterocycles. The van der Waals surface area contributed by atoms with Crippen LogP contribution in [-0.2, 0) is 12.8 Å². The topological polar surface area (TPSA) is 59.4 Å². The molecule has 1 atom stereocenters. The van der Waals surface area contributed by atoms with Gasteiger partial charge in [0.25, 0.3) is 0 Å². The first-order valence-corrected chi connectivity index (χ1v) is 10.2. The molecule has 5 heteroatoms. The molecule has 1 heterocycles. The summed E-state index contributed by atoms with van der Waals surface area (Å²) in [6.07, 6.45) is 7.81. The van der Waals surface area contributed by atoms with Gasteiger partial charge in [-0.15, -0.1) is 0 Å². The van der Waals surface area contributed by atoms with Gasteiger partial charge in [-0.1, -0.05) is 12.1 Å². The number of fused-ring (bicyclic) bond motifs is 1. The van der Waals surface area contributed by atoms with Crippen molar-refractivity contribution in [1.29, 1.82) is 0 Å². The fourth-order valence-electron chi connectivity index (χ4n) is 4.23. The lowest BCUT2D eigenvalue weighted by Crippen LogP contribution is -2.12. The molecule has 4 nitrogen and oxygen atoms in total. The number of nitrogens with zero attached hydrogens (tertiary/aromatic N) is 1. The number of pyridine rings is 1. The largest absolute Gasteiger partial charge is 0.478 e. The summed E-state index contributed by atoms with van der Waals surface area (Å²) in [5.41, 5.74) is 4.45. The quantitative estimate of drug-likeness (QED) is 0.540. The smallest absolute Gasteiger partial charge is 0.336 e. The Bertz CT molecular complexity index is 1080.